The van der Waals surface area contributed by atoms with E-state index in [9.17, 15) is 4.79 Å². The van der Waals surface area contributed by atoms with Crippen molar-refractivity contribution in [1.82, 2.24) is 5.32 Å². The molecule has 1 aromatic rings. The van der Waals surface area contributed by atoms with Gasteiger partial charge in [0.05, 0.1) is 6.10 Å². The Kier molecular flexibility index (Phi) is 22.9. The number of hydrogen-bond acceptors (Lipinski definition) is 2. The first-order valence-electron chi connectivity index (χ1n) is 11.3. The predicted octanol–water partition coefficient (Wildman–Crippen LogP) is 7.44. The fourth-order valence-corrected chi connectivity index (χ4v) is 3.06. The first kappa shape index (κ1) is 31.7. The molecule has 172 valence electrons. The van der Waals surface area contributed by atoms with E-state index in [1.165, 1.54) is 44.9 Å². The minimum Gasteiger partial charge on any atom is -0.379 e. The SMILES string of the molecule is [CH2-]CC.[CH2-]CC(OCCCCCCCCCC)C(C)NC(=O)c1ccc(Cl)cc1.[Cr+2]. The van der Waals surface area contributed by atoms with Crippen LogP contribution in [0.4, 0.5) is 0 Å². The van der Waals surface area contributed by atoms with Crippen LogP contribution in [0.2, 0.25) is 5.02 Å². The third kappa shape index (κ3) is 16.2. The van der Waals surface area contributed by atoms with Gasteiger partial charge >= 0.3 is 17.4 Å². The van der Waals surface area contributed by atoms with Gasteiger partial charge in [-0.05, 0) is 37.6 Å². The molecule has 1 amide bonds. The Morgan fingerprint density at radius 3 is 2.00 bits per heavy atom. The zero-order valence-corrected chi connectivity index (χ0v) is 21.3. The molecule has 1 rings (SSSR count). The summed E-state index contributed by atoms with van der Waals surface area (Å²) in [5.74, 6) is -0.108. The van der Waals surface area contributed by atoms with E-state index in [1.807, 2.05) is 13.8 Å². The van der Waals surface area contributed by atoms with E-state index in [0.29, 0.717) is 17.0 Å². The van der Waals surface area contributed by atoms with Gasteiger partial charge in [0.15, 0.2) is 0 Å². The summed E-state index contributed by atoms with van der Waals surface area (Å²) in [5, 5.41) is 3.62. The minimum atomic E-state index is -0.108. The number of halogens is 1. The fraction of sp³-hybridized carbons (Fsp3) is 0.640. The first-order valence-corrected chi connectivity index (χ1v) is 11.6. The van der Waals surface area contributed by atoms with Crippen LogP contribution in [0.3, 0.4) is 0 Å². The molecule has 3 nitrogen and oxygen atoms in total. The second-order valence-corrected chi connectivity index (χ2v) is 7.88. The average molecular weight is 476 g/mol. The second-order valence-electron chi connectivity index (χ2n) is 7.44. The van der Waals surface area contributed by atoms with Crippen LogP contribution in [0.1, 0.15) is 95.3 Å². The minimum absolute atomic E-state index is 0. The molecule has 0 spiro atoms. The Bertz CT molecular complexity index is 510. The van der Waals surface area contributed by atoms with Crippen molar-refractivity contribution in [3.63, 3.8) is 0 Å². The van der Waals surface area contributed by atoms with E-state index in [2.05, 4.69) is 26.1 Å². The molecule has 0 bridgehead atoms. The number of unbranched alkanes of at least 4 members (excludes halogenated alkanes) is 7. The summed E-state index contributed by atoms with van der Waals surface area (Å²) in [7, 11) is 0. The summed E-state index contributed by atoms with van der Waals surface area (Å²) in [6.07, 6.45) is 11.8. The topological polar surface area (TPSA) is 38.3 Å². The van der Waals surface area contributed by atoms with Gasteiger partial charge < -0.3 is 23.9 Å². The number of benzene rings is 1. The van der Waals surface area contributed by atoms with Gasteiger partial charge in [0.25, 0.3) is 5.91 Å². The van der Waals surface area contributed by atoms with Gasteiger partial charge in [-0.25, -0.2) is 0 Å². The molecule has 0 fully saturated rings. The van der Waals surface area contributed by atoms with Gasteiger partial charge in [0.1, 0.15) is 0 Å². The summed E-state index contributed by atoms with van der Waals surface area (Å²) in [6, 6.07) is 6.82. The van der Waals surface area contributed by atoms with Crippen molar-refractivity contribution in [3.05, 3.63) is 48.7 Å². The molecule has 1 N–H and O–H groups in total. The van der Waals surface area contributed by atoms with Crippen molar-refractivity contribution in [2.75, 3.05) is 6.61 Å². The maximum absolute atomic E-state index is 12.3. The predicted molar refractivity (Wildman–Crippen MR) is 126 cm³/mol. The van der Waals surface area contributed by atoms with E-state index in [0.717, 1.165) is 19.4 Å². The van der Waals surface area contributed by atoms with E-state index < -0.39 is 0 Å². The number of nitrogens with one attached hydrogen (secondary N) is 1. The molecule has 0 radical (unpaired) electrons. The van der Waals surface area contributed by atoms with Crippen molar-refractivity contribution < 1.29 is 26.9 Å². The number of ether oxygens (including phenoxy) is 1. The first-order chi connectivity index (χ1) is 14.0. The summed E-state index contributed by atoms with van der Waals surface area (Å²) < 4.78 is 5.96. The average Bonchev–Trinajstić information content (AvgIpc) is 2.70. The summed E-state index contributed by atoms with van der Waals surface area (Å²) in [4.78, 5) is 12.3. The molecule has 1 aromatic carbocycles. The van der Waals surface area contributed by atoms with Crippen molar-refractivity contribution >= 4 is 17.5 Å². The monoisotopic (exact) mass is 475 g/mol. The van der Waals surface area contributed by atoms with E-state index in [1.54, 1.807) is 24.3 Å². The van der Waals surface area contributed by atoms with Crippen LogP contribution < -0.4 is 5.32 Å². The zero-order valence-electron chi connectivity index (χ0n) is 19.3. The third-order valence-electron chi connectivity index (χ3n) is 4.64. The quantitative estimate of drug-likeness (QED) is 0.224. The van der Waals surface area contributed by atoms with Gasteiger partial charge in [-0.2, -0.15) is 12.8 Å². The molecule has 0 aromatic heterocycles. The van der Waals surface area contributed by atoms with Gasteiger partial charge in [0, 0.05) is 23.2 Å². The number of carbonyl (C=O) groups excluding carboxylic acids is 1. The molecule has 2 atom stereocenters. The maximum atomic E-state index is 12.3. The number of amides is 1. The van der Waals surface area contributed by atoms with Gasteiger partial charge in [-0.3, -0.25) is 4.79 Å². The van der Waals surface area contributed by atoms with E-state index in [4.69, 9.17) is 16.3 Å². The van der Waals surface area contributed by atoms with Crippen molar-refractivity contribution in [2.45, 2.75) is 97.1 Å². The number of hydrogen-bond donors (Lipinski definition) is 1. The number of rotatable bonds is 14. The van der Waals surface area contributed by atoms with Crippen LogP contribution in [0, 0.1) is 13.8 Å². The van der Waals surface area contributed by atoms with Crippen LogP contribution in [0.5, 0.6) is 0 Å². The van der Waals surface area contributed by atoms with E-state index in [-0.39, 0.29) is 35.4 Å². The maximum Gasteiger partial charge on any atom is 2.00 e. The van der Waals surface area contributed by atoms with E-state index >= 15 is 0 Å². The van der Waals surface area contributed by atoms with Crippen LogP contribution in [0.15, 0.2) is 24.3 Å². The standard InChI is InChI=1S/C22H35ClNO2.C3H7.Cr/c1-4-6-7-8-9-10-11-12-17-26-21(5-2)18(3)24-22(25)19-13-15-20(23)16-14-19;1-3-2;/h13-16,18,21H,2,4-12,17H2,1,3H3,(H,24,25);1,3H2,2H3;/q2*-1;+2. The van der Waals surface area contributed by atoms with Gasteiger partial charge in [-0.15, -0.1) is 0 Å². The van der Waals surface area contributed by atoms with Gasteiger partial charge in [-0.1, -0.05) is 70.4 Å². The zero-order chi connectivity index (χ0) is 21.9. The summed E-state index contributed by atoms with van der Waals surface area (Å²) in [6.45, 7) is 14.4. The largest absolute Gasteiger partial charge is 2.00 e. The molecule has 0 aliphatic heterocycles. The molecule has 0 heterocycles. The third-order valence-corrected chi connectivity index (χ3v) is 4.89. The molecule has 0 saturated heterocycles. The smallest absolute Gasteiger partial charge is 0.379 e. The molecular formula is C25H42ClCrNO2. The summed E-state index contributed by atoms with van der Waals surface area (Å²) in [5.41, 5.74) is 0.604. The summed E-state index contributed by atoms with van der Waals surface area (Å²) >= 11 is 5.86. The Morgan fingerprint density at radius 1 is 1.00 bits per heavy atom. The van der Waals surface area contributed by atoms with Crippen molar-refractivity contribution in [3.8, 4) is 0 Å². The molecule has 2 unspecified atom stereocenters. The number of carbonyl (C=O) groups is 1. The van der Waals surface area contributed by atoms with Crippen molar-refractivity contribution in [1.29, 1.82) is 0 Å². The fourth-order valence-electron chi connectivity index (χ4n) is 2.93. The molecule has 0 saturated carbocycles. The Morgan fingerprint density at radius 2 is 1.50 bits per heavy atom. The molecule has 5 heteroatoms. The van der Waals surface area contributed by atoms with Gasteiger partial charge in [0.2, 0.25) is 0 Å². The Hall–Kier alpha value is -0.528. The van der Waals surface area contributed by atoms with Crippen LogP contribution in [-0.2, 0) is 22.1 Å². The van der Waals surface area contributed by atoms with Crippen LogP contribution in [-0.4, -0.2) is 24.7 Å². The molecule has 30 heavy (non-hydrogen) atoms. The second kappa shape index (κ2) is 21.7. The van der Waals surface area contributed by atoms with Crippen molar-refractivity contribution in [2.24, 2.45) is 0 Å². The Balaban J connectivity index is 0. The molecule has 0 aliphatic rings. The Labute approximate surface area is 201 Å². The van der Waals surface area contributed by atoms with Crippen LogP contribution >= 0.6 is 11.6 Å². The normalized spacial score (nSPS) is 12.2. The molecule has 0 aliphatic carbocycles. The molecular weight excluding hydrogens is 434 g/mol. The van der Waals surface area contributed by atoms with Crippen LogP contribution in [0.25, 0.3) is 0 Å².